The first-order chi connectivity index (χ1) is 9.98. The summed E-state index contributed by atoms with van der Waals surface area (Å²) in [7, 11) is -3.73. The third-order valence-corrected chi connectivity index (χ3v) is 5.24. The van der Waals surface area contributed by atoms with E-state index in [4.69, 9.17) is 9.88 Å². The highest BCUT2D eigenvalue weighted by Gasteiger charge is 2.23. The molecule has 1 aromatic heterocycles. The largest absolute Gasteiger partial charge is 0.378 e. The molecule has 0 spiro atoms. The third-order valence-electron chi connectivity index (χ3n) is 4.16. The molecule has 0 saturated carbocycles. The Labute approximate surface area is 124 Å². The highest BCUT2D eigenvalue weighted by atomic mass is 32.2. The fraction of sp³-hybridized carbons (Fsp3) is 0.467. The minimum atomic E-state index is -3.73. The predicted molar refractivity (Wildman–Crippen MR) is 81.6 cm³/mol. The van der Waals surface area contributed by atoms with Crippen molar-refractivity contribution >= 4 is 20.9 Å². The second kappa shape index (κ2) is 5.44. The molecule has 1 unspecified atom stereocenters. The Hall–Kier alpha value is -1.37. The van der Waals surface area contributed by atoms with Crippen LogP contribution in [-0.4, -0.2) is 25.7 Å². The molecule has 6 heteroatoms. The average molecular weight is 308 g/mol. The van der Waals surface area contributed by atoms with Crippen molar-refractivity contribution in [3.8, 4) is 0 Å². The summed E-state index contributed by atoms with van der Waals surface area (Å²) in [6.07, 6.45) is 3.37. The summed E-state index contributed by atoms with van der Waals surface area (Å²) in [5.41, 5.74) is 1.62. The van der Waals surface area contributed by atoms with Gasteiger partial charge in [0.1, 0.15) is 4.90 Å². The van der Waals surface area contributed by atoms with Gasteiger partial charge in [-0.3, -0.25) is 0 Å². The fourth-order valence-corrected chi connectivity index (χ4v) is 4.19. The summed E-state index contributed by atoms with van der Waals surface area (Å²) in [6.45, 7) is 3.39. The van der Waals surface area contributed by atoms with Gasteiger partial charge in [0.2, 0.25) is 10.0 Å². The van der Waals surface area contributed by atoms with Gasteiger partial charge in [0, 0.05) is 29.7 Å². The SMILES string of the molecule is Cc1c(S(N)(=O)=O)c2ccccc2n1CCC1CCCO1. The number of primary sulfonamides is 1. The van der Waals surface area contributed by atoms with E-state index in [1.807, 2.05) is 35.8 Å². The molecule has 1 aliphatic rings. The number of nitrogens with two attached hydrogens (primary N) is 1. The smallest absolute Gasteiger partial charge is 0.240 e. The quantitative estimate of drug-likeness (QED) is 0.940. The summed E-state index contributed by atoms with van der Waals surface area (Å²) in [6, 6.07) is 7.50. The Morgan fingerprint density at radius 1 is 1.38 bits per heavy atom. The summed E-state index contributed by atoms with van der Waals surface area (Å²) in [5, 5.41) is 6.09. The van der Waals surface area contributed by atoms with Gasteiger partial charge in [-0.25, -0.2) is 13.6 Å². The molecule has 5 nitrogen and oxygen atoms in total. The number of rotatable bonds is 4. The Balaban J connectivity index is 2.03. The van der Waals surface area contributed by atoms with Gasteiger partial charge in [-0.15, -0.1) is 0 Å². The molecule has 21 heavy (non-hydrogen) atoms. The van der Waals surface area contributed by atoms with Crippen LogP contribution in [-0.2, 0) is 21.3 Å². The number of benzene rings is 1. The van der Waals surface area contributed by atoms with Gasteiger partial charge in [0.05, 0.1) is 6.10 Å². The second-order valence-corrected chi connectivity index (χ2v) is 7.05. The van der Waals surface area contributed by atoms with Crippen LogP contribution in [0, 0.1) is 6.92 Å². The topological polar surface area (TPSA) is 74.3 Å². The van der Waals surface area contributed by atoms with Crippen molar-refractivity contribution in [1.29, 1.82) is 0 Å². The molecule has 0 amide bonds. The molecule has 1 atom stereocenters. The van der Waals surface area contributed by atoms with Crippen molar-refractivity contribution in [1.82, 2.24) is 4.57 Å². The van der Waals surface area contributed by atoms with Crippen LogP contribution < -0.4 is 5.14 Å². The van der Waals surface area contributed by atoms with Crippen LogP contribution in [0.1, 0.15) is 25.0 Å². The molecule has 2 heterocycles. The van der Waals surface area contributed by atoms with E-state index in [-0.39, 0.29) is 11.0 Å². The van der Waals surface area contributed by atoms with Gasteiger partial charge < -0.3 is 9.30 Å². The van der Waals surface area contributed by atoms with Crippen molar-refractivity contribution in [2.24, 2.45) is 5.14 Å². The van der Waals surface area contributed by atoms with Crippen molar-refractivity contribution in [2.75, 3.05) is 6.61 Å². The molecular weight excluding hydrogens is 288 g/mol. The molecule has 2 N–H and O–H groups in total. The molecule has 114 valence electrons. The van der Waals surface area contributed by atoms with E-state index in [1.165, 1.54) is 0 Å². The van der Waals surface area contributed by atoms with Gasteiger partial charge in [0.25, 0.3) is 0 Å². The Morgan fingerprint density at radius 2 is 2.14 bits per heavy atom. The standard InChI is InChI=1S/C15H20N2O3S/c1-11-15(21(16,18)19)13-6-2-3-7-14(13)17(11)9-8-12-5-4-10-20-12/h2-3,6-7,12H,4-5,8-10H2,1H3,(H2,16,18,19). The Kier molecular flexibility index (Phi) is 3.77. The zero-order valence-corrected chi connectivity index (χ0v) is 12.9. The Morgan fingerprint density at radius 3 is 2.81 bits per heavy atom. The summed E-state index contributed by atoms with van der Waals surface area (Å²) < 4.78 is 31.4. The number of ether oxygens (including phenoxy) is 1. The first-order valence-corrected chi connectivity index (χ1v) is 8.75. The summed E-state index contributed by atoms with van der Waals surface area (Å²) in [4.78, 5) is 0.241. The van der Waals surface area contributed by atoms with Crippen LogP contribution in [0.5, 0.6) is 0 Å². The van der Waals surface area contributed by atoms with Crippen molar-refractivity contribution in [2.45, 2.75) is 43.7 Å². The van der Waals surface area contributed by atoms with Crippen molar-refractivity contribution in [3.05, 3.63) is 30.0 Å². The molecule has 1 aromatic carbocycles. The second-order valence-electron chi connectivity index (χ2n) is 5.55. The molecule has 0 aliphatic carbocycles. The molecule has 2 aromatic rings. The number of hydrogen-bond donors (Lipinski definition) is 1. The maximum atomic E-state index is 11.9. The summed E-state index contributed by atoms with van der Waals surface area (Å²) >= 11 is 0. The molecule has 0 bridgehead atoms. The Bertz CT molecular complexity index is 759. The minimum absolute atomic E-state index is 0.241. The predicted octanol–water partition coefficient (Wildman–Crippen LogP) is 2.17. The van der Waals surface area contributed by atoms with E-state index in [1.54, 1.807) is 0 Å². The van der Waals surface area contributed by atoms with E-state index in [0.29, 0.717) is 11.1 Å². The number of aromatic nitrogens is 1. The lowest BCUT2D eigenvalue weighted by molar-refractivity contribution is 0.100. The maximum Gasteiger partial charge on any atom is 0.240 e. The minimum Gasteiger partial charge on any atom is -0.378 e. The maximum absolute atomic E-state index is 11.9. The van der Waals surface area contributed by atoms with Crippen LogP contribution in [0.2, 0.25) is 0 Å². The van der Waals surface area contributed by atoms with Crippen molar-refractivity contribution < 1.29 is 13.2 Å². The van der Waals surface area contributed by atoms with E-state index >= 15 is 0 Å². The highest BCUT2D eigenvalue weighted by molar-refractivity contribution is 7.89. The van der Waals surface area contributed by atoms with Crippen LogP contribution in [0.15, 0.2) is 29.2 Å². The average Bonchev–Trinajstić information content (AvgIpc) is 3.00. The number of fused-ring (bicyclic) bond motifs is 1. The van der Waals surface area contributed by atoms with E-state index in [0.717, 1.165) is 37.9 Å². The molecule has 1 fully saturated rings. The third kappa shape index (κ3) is 2.71. The first-order valence-electron chi connectivity index (χ1n) is 7.20. The molecule has 0 radical (unpaired) electrons. The number of para-hydroxylation sites is 1. The zero-order chi connectivity index (χ0) is 15.0. The molecule has 1 saturated heterocycles. The highest BCUT2D eigenvalue weighted by Crippen LogP contribution is 2.29. The van der Waals surface area contributed by atoms with E-state index < -0.39 is 10.0 Å². The first kappa shape index (κ1) is 14.6. The lowest BCUT2D eigenvalue weighted by atomic mass is 10.2. The van der Waals surface area contributed by atoms with Gasteiger partial charge in [0.15, 0.2) is 0 Å². The number of sulfonamides is 1. The number of aryl methyl sites for hydroxylation is 1. The zero-order valence-electron chi connectivity index (χ0n) is 12.1. The lowest BCUT2D eigenvalue weighted by Crippen LogP contribution is -2.15. The van der Waals surface area contributed by atoms with Crippen LogP contribution in [0.4, 0.5) is 0 Å². The van der Waals surface area contributed by atoms with Crippen LogP contribution in [0.25, 0.3) is 10.9 Å². The fourth-order valence-electron chi connectivity index (χ4n) is 3.19. The van der Waals surface area contributed by atoms with Gasteiger partial charge in [-0.1, -0.05) is 18.2 Å². The van der Waals surface area contributed by atoms with E-state index in [2.05, 4.69) is 0 Å². The number of hydrogen-bond acceptors (Lipinski definition) is 3. The van der Waals surface area contributed by atoms with Gasteiger partial charge >= 0.3 is 0 Å². The van der Waals surface area contributed by atoms with E-state index in [9.17, 15) is 8.42 Å². The van der Waals surface area contributed by atoms with Crippen LogP contribution in [0.3, 0.4) is 0 Å². The van der Waals surface area contributed by atoms with Gasteiger partial charge in [-0.2, -0.15) is 0 Å². The summed E-state index contributed by atoms with van der Waals surface area (Å²) in [5.74, 6) is 0. The molecule has 3 rings (SSSR count). The van der Waals surface area contributed by atoms with Crippen molar-refractivity contribution in [3.63, 3.8) is 0 Å². The number of nitrogens with zero attached hydrogens (tertiary/aromatic N) is 1. The molecule has 1 aliphatic heterocycles. The van der Waals surface area contributed by atoms with Gasteiger partial charge in [-0.05, 0) is 32.3 Å². The molecular formula is C15H20N2O3S. The normalized spacial score (nSPS) is 19.4. The lowest BCUT2D eigenvalue weighted by Gasteiger charge is -2.12. The van der Waals surface area contributed by atoms with Crippen LogP contribution >= 0.6 is 0 Å². The monoisotopic (exact) mass is 308 g/mol.